The fourth-order valence-electron chi connectivity index (χ4n) is 2.43. The van der Waals surface area contributed by atoms with Crippen molar-refractivity contribution in [2.24, 2.45) is 5.11 Å². The number of carbonyl (C=O) groups is 1. The van der Waals surface area contributed by atoms with Crippen LogP contribution in [0.1, 0.15) is 6.92 Å². The maximum Gasteiger partial charge on any atom is 0.407 e. The largest absolute Gasteiger partial charge is 0.465 e. The Hall–Kier alpha value is -1.96. The first-order chi connectivity index (χ1) is 10.4. The number of halogens is 2. The minimum atomic E-state index is -1.02. The second kappa shape index (κ2) is 6.87. The Morgan fingerprint density at radius 3 is 2.91 bits per heavy atom. The molecule has 11 heteroatoms. The molecule has 2 rings (SSSR count). The van der Waals surface area contributed by atoms with Crippen molar-refractivity contribution in [3.8, 4) is 0 Å². The third-order valence-electron chi connectivity index (χ3n) is 3.45. The second-order valence-electron chi connectivity index (χ2n) is 4.85. The van der Waals surface area contributed by atoms with Crippen molar-refractivity contribution in [1.29, 1.82) is 0 Å². The van der Waals surface area contributed by atoms with E-state index in [0.29, 0.717) is 12.2 Å². The van der Waals surface area contributed by atoms with E-state index >= 15 is 0 Å². The minimum Gasteiger partial charge on any atom is -0.465 e. The van der Waals surface area contributed by atoms with Gasteiger partial charge in [0.1, 0.15) is 0 Å². The van der Waals surface area contributed by atoms with Crippen LogP contribution in [0.4, 0.5) is 10.5 Å². The van der Waals surface area contributed by atoms with Crippen molar-refractivity contribution in [3.63, 3.8) is 0 Å². The predicted molar refractivity (Wildman–Crippen MR) is 81.4 cm³/mol. The molecule has 0 aromatic carbocycles. The summed E-state index contributed by atoms with van der Waals surface area (Å²) in [6, 6.07) is 0.937. The van der Waals surface area contributed by atoms with Gasteiger partial charge in [0.05, 0.1) is 11.7 Å². The molecule has 0 spiro atoms. The summed E-state index contributed by atoms with van der Waals surface area (Å²) in [5.74, 6) is 0. The van der Waals surface area contributed by atoms with Gasteiger partial charge in [-0.2, -0.15) is 0 Å². The molecule has 22 heavy (non-hydrogen) atoms. The fourth-order valence-corrected chi connectivity index (χ4v) is 2.77. The number of hydrogen-bond acceptors (Lipinski definition) is 5. The van der Waals surface area contributed by atoms with Gasteiger partial charge >= 0.3 is 6.09 Å². The Morgan fingerprint density at radius 1 is 1.55 bits per heavy atom. The van der Waals surface area contributed by atoms with E-state index in [1.807, 2.05) is 4.90 Å². The molecule has 0 unspecified atom stereocenters. The van der Waals surface area contributed by atoms with Gasteiger partial charge in [-0.05, 0) is 12.5 Å². The van der Waals surface area contributed by atoms with E-state index in [4.69, 9.17) is 28.7 Å². The van der Waals surface area contributed by atoms with Crippen LogP contribution in [0.2, 0.25) is 10.3 Å². The molecular weight excluding hydrogens is 333 g/mol. The SMILES string of the molecule is C[C@H]1CN(c2cc(Cl)nnc2Cl)[C@@H](CN=[N+]=[N-])CN1C(=O)O. The lowest BCUT2D eigenvalue weighted by Crippen LogP contribution is -2.60. The maximum absolute atomic E-state index is 11.3. The van der Waals surface area contributed by atoms with Gasteiger partial charge in [-0.3, -0.25) is 0 Å². The molecule has 1 aliphatic heterocycles. The van der Waals surface area contributed by atoms with Crippen LogP contribution in [0.3, 0.4) is 0 Å². The molecule has 1 fully saturated rings. The molecule has 1 aromatic rings. The van der Waals surface area contributed by atoms with Crippen molar-refractivity contribution < 1.29 is 9.90 Å². The van der Waals surface area contributed by atoms with Crippen molar-refractivity contribution in [1.82, 2.24) is 15.1 Å². The number of nitrogens with zero attached hydrogens (tertiary/aromatic N) is 7. The lowest BCUT2D eigenvalue weighted by atomic mass is 10.1. The summed E-state index contributed by atoms with van der Waals surface area (Å²) in [4.78, 5) is 17.2. The first-order valence-electron chi connectivity index (χ1n) is 6.39. The monoisotopic (exact) mass is 345 g/mol. The van der Waals surface area contributed by atoms with Crippen molar-refractivity contribution >= 4 is 35.0 Å². The Kier molecular flexibility index (Phi) is 5.12. The predicted octanol–water partition coefficient (Wildman–Crippen LogP) is 2.65. The standard InChI is InChI=1S/C11H13Cl2N7O2/c1-6-4-20(8-2-9(12)16-17-10(8)13)7(3-15-18-14)5-19(6)11(21)22/h2,6-7H,3-5H2,1H3,(H,21,22)/t6-,7-/m0/s1. The molecule has 0 bridgehead atoms. The molecule has 0 radical (unpaired) electrons. The summed E-state index contributed by atoms with van der Waals surface area (Å²) in [5, 5.41) is 20.5. The molecule has 0 saturated carbocycles. The Bertz CT molecular complexity index is 622. The molecule has 2 heterocycles. The third kappa shape index (κ3) is 3.44. The lowest BCUT2D eigenvalue weighted by molar-refractivity contribution is 0.113. The number of aromatic nitrogens is 2. The Balaban J connectivity index is 2.36. The van der Waals surface area contributed by atoms with Crippen molar-refractivity contribution in [2.75, 3.05) is 24.5 Å². The fraction of sp³-hybridized carbons (Fsp3) is 0.545. The third-order valence-corrected chi connectivity index (χ3v) is 3.91. The molecule has 1 amide bonds. The van der Waals surface area contributed by atoms with Gasteiger partial charge in [0.25, 0.3) is 0 Å². The second-order valence-corrected chi connectivity index (χ2v) is 5.59. The zero-order valence-electron chi connectivity index (χ0n) is 11.6. The highest BCUT2D eigenvalue weighted by Gasteiger charge is 2.35. The van der Waals surface area contributed by atoms with E-state index in [1.54, 1.807) is 13.0 Å². The number of rotatable bonds is 3. The molecule has 1 aliphatic rings. The van der Waals surface area contributed by atoms with Gasteiger partial charge in [-0.25, -0.2) is 4.79 Å². The summed E-state index contributed by atoms with van der Waals surface area (Å²) in [6.45, 7) is 2.45. The highest BCUT2D eigenvalue weighted by molar-refractivity contribution is 6.33. The van der Waals surface area contributed by atoms with Crippen LogP contribution in [-0.2, 0) is 0 Å². The van der Waals surface area contributed by atoms with Gasteiger partial charge in [-0.15, -0.1) is 10.2 Å². The van der Waals surface area contributed by atoms with Crippen LogP contribution >= 0.6 is 23.2 Å². The Morgan fingerprint density at radius 2 is 2.27 bits per heavy atom. The van der Waals surface area contributed by atoms with Crippen LogP contribution in [-0.4, -0.2) is 58.0 Å². The van der Waals surface area contributed by atoms with Gasteiger partial charge in [-0.1, -0.05) is 28.3 Å². The molecule has 0 aliphatic carbocycles. The highest BCUT2D eigenvalue weighted by Crippen LogP contribution is 2.30. The molecule has 9 nitrogen and oxygen atoms in total. The van der Waals surface area contributed by atoms with Gasteiger partial charge < -0.3 is 14.9 Å². The van der Waals surface area contributed by atoms with Gasteiger partial charge in [0.15, 0.2) is 10.3 Å². The average molecular weight is 346 g/mol. The number of carboxylic acid groups (broad SMARTS) is 1. The first kappa shape index (κ1) is 16.4. The van der Waals surface area contributed by atoms with E-state index in [0.717, 1.165) is 0 Å². The number of piperazine rings is 1. The van der Waals surface area contributed by atoms with E-state index in [9.17, 15) is 9.90 Å². The topological polar surface area (TPSA) is 118 Å². The first-order valence-corrected chi connectivity index (χ1v) is 7.15. The Labute approximate surface area is 136 Å². The summed E-state index contributed by atoms with van der Waals surface area (Å²) in [5.41, 5.74) is 9.06. The zero-order valence-corrected chi connectivity index (χ0v) is 13.1. The van der Waals surface area contributed by atoms with E-state index < -0.39 is 6.09 Å². The minimum absolute atomic E-state index is 0.100. The van der Waals surface area contributed by atoms with E-state index in [2.05, 4.69) is 20.2 Å². The van der Waals surface area contributed by atoms with Crippen LogP contribution < -0.4 is 4.90 Å². The van der Waals surface area contributed by atoms with Crippen LogP contribution in [0.15, 0.2) is 11.2 Å². The highest BCUT2D eigenvalue weighted by atomic mass is 35.5. The maximum atomic E-state index is 11.3. The number of azide groups is 1. The molecule has 118 valence electrons. The smallest absolute Gasteiger partial charge is 0.407 e. The summed E-state index contributed by atoms with van der Waals surface area (Å²) >= 11 is 11.9. The molecule has 1 saturated heterocycles. The zero-order chi connectivity index (χ0) is 16.3. The van der Waals surface area contributed by atoms with Crippen LogP contribution in [0.25, 0.3) is 10.4 Å². The quantitative estimate of drug-likeness (QED) is 0.513. The molecule has 1 N–H and O–H groups in total. The van der Waals surface area contributed by atoms with Gasteiger partial charge in [0, 0.05) is 36.7 Å². The van der Waals surface area contributed by atoms with E-state index in [-0.39, 0.29) is 35.5 Å². The van der Waals surface area contributed by atoms with Crippen LogP contribution in [0, 0.1) is 0 Å². The molecular formula is C11H13Cl2N7O2. The van der Waals surface area contributed by atoms with Crippen LogP contribution in [0.5, 0.6) is 0 Å². The normalized spacial score (nSPS) is 21.4. The van der Waals surface area contributed by atoms with Gasteiger partial charge in [0.2, 0.25) is 0 Å². The number of anilines is 1. The molecule has 2 atom stereocenters. The van der Waals surface area contributed by atoms with Crippen molar-refractivity contribution in [2.45, 2.75) is 19.0 Å². The molecule has 1 aromatic heterocycles. The van der Waals surface area contributed by atoms with Crippen molar-refractivity contribution in [3.05, 3.63) is 26.8 Å². The average Bonchev–Trinajstić information content (AvgIpc) is 2.48. The summed E-state index contributed by atoms with van der Waals surface area (Å²) in [6.07, 6.45) is -1.02. The summed E-state index contributed by atoms with van der Waals surface area (Å²) in [7, 11) is 0. The number of amides is 1. The number of hydrogen-bond donors (Lipinski definition) is 1. The summed E-state index contributed by atoms with van der Waals surface area (Å²) < 4.78 is 0. The lowest BCUT2D eigenvalue weighted by Gasteiger charge is -2.45. The van der Waals surface area contributed by atoms with E-state index in [1.165, 1.54) is 4.90 Å².